The van der Waals surface area contributed by atoms with Crippen molar-refractivity contribution in [3.8, 4) is 5.75 Å². The predicted octanol–water partition coefficient (Wildman–Crippen LogP) is 4.87. The first kappa shape index (κ1) is 17.7. The molecule has 130 valence electrons. The average Bonchev–Trinajstić information content (AvgIpc) is 2.69. The molecule has 2 aromatic rings. The van der Waals surface area contributed by atoms with Crippen LogP contribution >= 0.6 is 10.5 Å². The number of carbonyl (C=O) groups is 1. The Labute approximate surface area is 155 Å². The number of benzene rings is 2. The fraction of sp³-hybridized carbons (Fsp3) is 0.0952. The number of carbonyl (C=O) groups excluding carboxylic acids is 1. The van der Waals surface area contributed by atoms with Gasteiger partial charge in [-0.15, -0.1) is 10.5 Å². The van der Waals surface area contributed by atoms with Crippen LogP contribution in [-0.4, -0.2) is 17.9 Å². The summed E-state index contributed by atoms with van der Waals surface area (Å²) < 4.78 is 11.0. The summed E-state index contributed by atoms with van der Waals surface area (Å²) in [6.45, 7) is 9.16. The number of allylic oxidation sites excluding steroid dienone is 1. The molecule has 0 bridgehead atoms. The Morgan fingerprint density at radius 3 is 2.65 bits per heavy atom. The third-order valence-corrected chi connectivity index (χ3v) is 5.34. The van der Waals surface area contributed by atoms with Gasteiger partial charge < -0.3 is 9.47 Å². The van der Waals surface area contributed by atoms with Crippen molar-refractivity contribution in [3.63, 3.8) is 0 Å². The maximum atomic E-state index is 11.8. The summed E-state index contributed by atoms with van der Waals surface area (Å²) in [7, 11) is -0.432. The Hall–Kier alpha value is -3.10. The minimum Gasteiger partial charge on any atom is -0.471 e. The van der Waals surface area contributed by atoms with Crippen LogP contribution < -0.4 is 4.74 Å². The monoisotopic (exact) mass is 363 g/mol. The van der Waals surface area contributed by atoms with Crippen molar-refractivity contribution in [1.29, 1.82) is 0 Å². The van der Waals surface area contributed by atoms with E-state index in [1.165, 1.54) is 6.08 Å². The van der Waals surface area contributed by atoms with E-state index in [1.807, 2.05) is 65.4 Å². The van der Waals surface area contributed by atoms with Gasteiger partial charge in [0, 0.05) is 15.9 Å². The second-order valence-corrected chi connectivity index (χ2v) is 6.98. The number of rotatable bonds is 4. The van der Waals surface area contributed by atoms with Crippen molar-refractivity contribution in [3.05, 3.63) is 88.8 Å². The Morgan fingerprint density at radius 1 is 1.19 bits per heavy atom. The van der Waals surface area contributed by atoms with E-state index < -0.39 is 16.5 Å². The Balaban J connectivity index is 2.04. The molecule has 0 fully saturated rings. The molecular weight excluding hydrogens is 346 g/mol. The lowest BCUT2D eigenvalue weighted by Crippen LogP contribution is -2.05. The predicted molar refractivity (Wildman–Crippen MR) is 105 cm³/mol. The molecule has 0 saturated carbocycles. The van der Waals surface area contributed by atoms with E-state index in [0.29, 0.717) is 0 Å². The maximum absolute atomic E-state index is 11.8. The molecule has 0 amide bonds. The molecule has 1 unspecified atom stereocenters. The highest BCUT2D eigenvalue weighted by molar-refractivity contribution is 8.18. The van der Waals surface area contributed by atoms with E-state index in [-0.39, 0.29) is 12.3 Å². The summed E-state index contributed by atoms with van der Waals surface area (Å²) in [6, 6.07) is 17.6. The van der Waals surface area contributed by atoms with Gasteiger partial charge in [0.15, 0.2) is 0 Å². The van der Waals surface area contributed by atoms with Crippen molar-refractivity contribution >= 4 is 27.6 Å². The highest BCUT2D eigenvalue weighted by Gasteiger charge is 2.17. The normalized spacial score (nSPS) is 16.1. The molecule has 1 heterocycles. The maximum Gasteiger partial charge on any atom is 0.336 e. The molecule has 0 saturated heterocycles. The Bertz CT molecular complexity index is 953. The summed E-state index contributed by atoms with van der Waals surface area (Å²) in [5, 5.41) is 3.87. The average molecular weight is 363 g/mol. The summed E-state index contributed by atoms with van der Waals surface area (Å²) >= 11 is 0. The van der Waals surface area contributed by atoms with Crippen LogP contribution in [0, 0.1) is 6.57 Å². The highest BCUT2D eigenvalue weighted by Crippen LogP contribution is 2.43. The van der Waals surface area contributed by atoms with Crippen molar-refractivity contribution in [1.82, 2.24) is 0 Å². The molecule has 0 aromatic heterocycles. The molecule has 26 heavy (non-hydrogen) atoms. The molecule has 4 nitrogen and oxygen atoms in total. The molecule has 0 spiro atoms. The van der Waals surface area contributed by atoms with Crippen molar-refractivity contribution < 1.29 is 14.3 Å². The first-order valence-corrected chi connectivity index (χ1v) is 9.43. The zero-order valence-electron chi connectivity index (χ0n) is 14.2. The summed E-state index contributed by atoms with van der Waals surface area (Å²) in [5.74, 6) is 0.941. The van der Waals surface area contributed by atoms with Crippen molar-refractivity contribution in [2.45, 2.75) is 11.8 Å². The third-order valence-electron chi connectivity index (χ3n) is 3.59. The molecule has 2 aromatic carbocycles. The largest absolute Gasteiger partial charge is 0.471 e. The lowest BCUT2D eigenvalue weighted by Gasteiger charge is -2.21. The van der Waals surface area contributed by atoms with Gasteiger partial charge in [0.2, 0.25) is 0 Å². The van der Waals surface area contributed by atoms with E-state index in [2.05, 4.69) is 4.85 Å². The molecule has 1 atom stereocenters. The van der Waals surface area contributed by atoms with Crippen molar-refractivity contribution in [2.24, 2.45) is 0 Å². The van der Waals surface area contributed by atoms with Gasteiger partial charge in [-0.2, -0.15) is 0 Å². The number of para-hydroxylation sites is 1. The van der Waals surface area contributed by atoms with Gasteiger partial charge in [-0.05, 0) is 30.5 Å². The van der Waals surface area contributed by atoms with Crippen LogP contribution in [0.1, 0.15) is 12.5 Å². The first-order valence-electron chi connectivity index (χ1n) is 8.08. The molecule has 5 heteroatoms. The van der Waals surface area contributed by atoms with E-state index in [1.54, 1.807) is 6.92 Å². The molecule has 3 rings (SSSR count). The van der Waals surface area contributed by atoms with Crippen LogP contribution in [0.25, 0.3) is 10.6 Å². The lowest BCUT2D eigenvalue weighted by molar-refractivity contribution is -0.138. The zero-order chi connectivity index (χ0) is 18.4. The summed E-state index contributed by atoms with van der Waals surface area (Å²) in [6.07, 6.45) is 1.54. The summed E-state index contributed by atoms with van der Waals surface area (Å²) in [4.78, 5) is 16.1. The topological polar surface area (TPSA) is 39.9 Å². The minimum atomic E-state index is -0.601. The number of esters is 1. The number of fused-ring (bicyclic) bond motifs is 1. The molecule has 1 aliphatic rings. The van der Waals surface area contributed by atoms with Gasteiger partial charge in [-0.1, -0.05) is 42.5 Å². The first-order chi connectivity index (χ1) is 12.7. The van der Waals surface area contributed by atoms with Crippen LogP contribution in [0.15, 0.2) is 76.7 Å². The van der Waals surface area contributed by atoms with Gasteiger partial charge >= 0.3 is 5.97 Å². The van der Waals surface area contributed by atoms with E-state index in [4.69, 9.17) is 16.0 Å². The van der Waals surface area contributed by atoms with Gasteiger partial charge in [0.25, 0.3) is 5.70 Å². The minimum absolute atomic E-state index is 0.0296. The van der Waals surface area contributed by atoms with Crippen LogP contribution in [0.4, 0.5) is 0 Å². The fourth-order valence-electron chi connectivity index (χ4n) is 2.39. The van der Waals surface area contributed by atoms with E-state index in [0.717, 1.165) is 22.0 Å². The standard InChI is InChI=1S/C21H17NO3S/c1-3-24-21(23)17(22-2)13-14-26-15-19(16-9-5-4-6-10-16)25-18-11-7-8-12-20(18)26/h4-15H,3H2,1H3. The summed E-state index contributed by atoms with van der Waals surface area (Å²) in [5.41, 5.74) is 0.950. The lowest BCUT2D eigenvalue weighted by atomic mass is 10.2. The second-order valence-electron chi connectivity index (χ2n) is 5.29. The number of hydrogen-bond acceptors (Lipinski definition) is 3. The Morgan fingerprint density at radius 2 is 1.92 bits per heavy atom. The molecule has 0 radical (unpaired) electrons. The third kappa shape index (κ3) is 3.93. The highest BCUT2D eigenvalue weighted by atomic mass is 32.2. The molecular formula is C21H17NO3S. The van der Waals surface area contributed by atoms with Crippen LogP contribution in [0.3, 0.4) is 0 Å². The molecule has 0 aliphatic carbocycles. The van der Waals surface area contributed by atoms with Crippen LogP contribution in [0.2, 0.25) is 0 Å². The zero-order valence-corrected chi connectivity index (χ0v) is 15.0. The van der Waals surface area contributed by atoms with Crippen LogP contribution in [-0.2, 0) is 9.53 Å². The van der Waals surface area contributed by atoms with Gasteiger partial charge in [0.05, 0.1) is 13.2 Å². The number of hydrogen-bond donors (Lipinski definition) is 0. The molecule has 0 N–H and O–H groups in total. The van der Waals surface area contributed by atoms with E-state index >= 15 is 0 Å². The fourth-order valence-corrected chi connectivity index (χ4v) is 4.01. The second kappa shape index (κ2) is 8.32. The number of nitrogens with zero attached hydrogens (tertiary/aromatic N) is 1. The van der Waals surface area contributed by atoms with Gasteiger partial charge in [0.1, 0.15) is 11.5 Å². The Kier molecular flexibility index (Phi) is 5.67. The SMILES string of the molecule is [C-]#[N+]C(=CC=S1C=C(c2ccccc2)Oc2ccccc21)C(=O)OCC. The number of ether oxygens (including phenoxy) is 2. The van der Waals surface area contributed by atoms with Gasteiger partial charge in [-0.25, -0.2) is 4.85 Å². The smallest absolute Gasteiger partial charge is 0.336 e. The van der Waals surface area contributed by atoms with Crippen LogP contribution in [0.5, 0.6) is 5.75 Å². The van der Waals surface area contributed by atoms with Gasteiger partial charge in [-0.3, -0.25) is 4.79 Å². The molecule has 1 aliphatic heterocycles. The van der Waals surface area contributed by atoms with Crippen molar-refractivity contribution in [2.75, 3.05) is 6.61 Å². The quantitative estimate of drug-likeness (QED) is 0.337. The van der Waals surface area contributed by atoms with E-state index in [9.17, 15) is 4.79 Å².